The van der Waals surface area contributed by atoms with E-state index in [0.29, 0.717) is 12.1 Å². The zero-order valence-corrected chi connectivity index (χ0v) is 16.2. The second-order valence-electron chi connectivity index (χ2n) is 7.27. The molecule has 0 amide bonds. The molecule has 3 rings (SSSR count). The minimum atomic E-state index is -0.918. The second kappa shape index (κ2) is 9.98. The third-order valence-corrected chi connectivity index (χ3v) is 5.35. The average Bonchev–Trinajstić information content (AvgIpc) is 3.24. The summed E-state index contributed by atoms with van der Waals surface area (Å²) in [6.07, 6.45) is 1.36. The number of aliphatic hydroxyl groups excluding tert-OH is 2. The minimum Gasteiger partial charge on any atom is -0.494 e. The highest BCUT2D eigenvalue weighted by atomic mass is 19.1. The van der Waals surface area contributed by atoms with Crippen LogP contribution in [0.1, 0.15) is 36.1 Å². The van der Waals surface area contributed by atoms with E-state index in [-0.39, 0.29) is 24.4 Å². The van der Waals surface area contributed by atoms with Gasteiger partial charge in [0.25, 0.3) is 0 Å². The number of rotatable bonds is 9. The molecule has 0 saturated carbocycles. The molecule has 6 heteroatoms. The van der Waals surface area contributed by atoms with E-state index >= 15 is 0 Å². The molecule has 3 atom stereocenters. The van der Waals surface area contributed by atoms with E-state index in [9.17, 15) is 14.6 Å². The average molecular weight is 388 g/mol. The van der Waals surface area contributed by atoms with Crippen LogP contribution in [-0.4, -0.2) is 54.5 Å². The molecule has 3 N–H and O–H groups in total. The second-order valence-corrected chi connectivity index (χ2v) is 7.27. The maximum atomic E-state index is 14.2. The first kappa shape index (κ1) is 20.7. The summed E-state index contributed by atoms with van der Waals surface area (Å²) in [7, 11) is 1.41. The summed E-state index contributed by atoms with van der Waals surface area (Å²) >= 11 is 0. The van der Waals surface area contributed by atoms with Gasteiger partial charge in [0.15, 0.2) is 11.6 Å². The van der Waals surface area contributed by atoms with E-state index in [2.05, 4.69) is 10.2 Å². The minimum absolute atomic E-state index is 0.0930. The number of ether oxygens (including phenoxy) is 1. The zero-order chi connectivity index (χ0) is 19.9. The smallest absolute Gasteiger partial charge is 0.165 e. The molecule has 1 aliphatic rings. The molecule has 1 unspecified atom stereocenters. The van der Waals surface area contributed by atoms with Crippen molar-refractivity contribution in [1.29, 1.82) is 0 Å². The quantitative estimate of drug-likeness (QED) is 0.616. The predicted octanol–water partition coefficient (Wildman–Crippen LogP) is 2.66. The van der Waals surface area contributed by atoms with Gasteiger partial charge in [-0.2, -0.15) is 0 Å². The van der Waals surface area contributed by atoms with Crippen molar-refractivity contribution in [2.24, 2.45) is 0 Å². The van der Waals surface area contributed by atoms with Gasteiger partial charge in [-0.05, 0) is 49.2 Å². The molecule has 1 heterocycles. The van der Waals surface area contributed by atoms with Crippen molar-refractivity contribution < 1.29 is 19.3 Å². The van der Waals surface area contributed by atoms with Crippen molar-refractivity contribution in [2.45, 2.75) is 31.0 Å². The summed E-state index contributed by atoms with van der Waals surface area (Å²) in [5.41, 5.74) is 1.43. The molecule has 0 bridgehead atoms. The SMILES string of the molecule is COc1ccc([C@@H](O)C(CN2CCCC2)N[C@H](CO)c2ccccc2)cc1F. The van der Waals surface area contributed by atoms with Crippen LogP contribution in [0.15, 0.2) is 48.5 Å². The Morgan fingerprint density at radius 1 is 1.11 bits per heavy atom. The van der Waals surface area contributed by atoms with Gasteiger partial charge in [0.2, 0.25) is 0 Å². The first-order valence-electron chi connectivity index (χ1n) is 9.78. The van der Waals surface area contributed by atoms with E-state index in [1.54, 1.807) is 6.07 Å². The van der Waals surface area contributed by atoms with Gasteiger partial charge in [-0.15, -0.1) is 0 Å². The summed E-state index contributed by atoms with van der Waals surface area (Å²) in [6.45, 7) is 2.50. The first-order valence-corrected chi connectivity index (χ1v) is 9.78. The lowest BCUT2D eigenvalue weighted by atomic mass is 9.98. The highest BCUT2D eigenvalue weighted by Crippen LogP contribution is 2.26. The van der Waals surface area contributed by atoms with Gasteiger partial charge in [0.05, 0.1) is 31.9 Å². The van der Waals surface area contributed by atoms with Gasteiger partial charge >= 0.3 is 0 Å². The number of hydrogen-bond donors (Lipinski definition) is 3. The third kappa shape index (κ3) is 5.08. The highest BCUT2D eigenvalue weighted by molar-refractivity contribution is 5.31. The van der Waals surface area contributed by atoms with Gasteiger partial charge in [0.1, 0.15) is 0 Å². The van der Waals surface area contributed by atoms with Crippen molar-refractivity contribution in [3.05, 3.63) is 65.5 Å². The summed E-state index contributed by atoms with van der Waals surface area (Å²) in [5, 5.41) is 24.4. The van der Waals surface area contributed by atoms with Crippen LogP contribution in [0, 0.1) is 5.82 Å². The molecular formula is C22H29FN2O3. The molecule has 1 aliphatic heterocycles. The maximum Gasteiger partial charge on any atom is 0.165 e. The highest BCUT2D eigenvalue weighted by Gasteiger charge is 2.28. The Kier molecular flexibility index (Phi) is 7.39. The van der Waals surface area contributed by atoms with Crippen LogP contribution in [0.25, 0.3) is 0 Å². The monoisotopic (exact) mass is 388 g/mol. The van der Waals surface area contributed by atoms with Crippen molar-refractivity contribution >= 4 is 0 Å². The number of halogens is 1. The van der Waals surface area contributed by atoms with Gasteiger partial charge in [0, 0.05) is 6.54 Å². The normalized spacial score (nSPS) is 18.0. The Morgan fingerprint density at radius 3 is 2.43 bits per heavy atom. The van der Waals surface area contributed by atoms with Crippen molar-refractivity contribution in [3.8, 4) is 5.75 Å². The van der Waals surface area contributed by atoms with Gasteiger partial charge < -0.3 is 25.2 Å². The van der Waals surface area contributed by atoms with Crippen LogP contribution >= 0.6 is 0 Å². The molecular weight excluding hydrogens is 359 g/mol. The molecule has 1 fully saturated rings. The van der Waals surface area contributed by atoms with Gasteiger partial charge in [-0.3, -0.25) is 0 Å². The Balaban J connectivity index is 1.81. The van der Waals surface area contributed by atoms with Crippen LogP contribution in [0.4, 0.5) is 4.39 Å². The lowest BCUT2D eigenvalue weighted by Gasteiger charge is -2.32. The van der Waals surface area contributed by atoms with Crippen LogP contribution < -0.4 is 10.1 Å². The van der Waals surface area contributed by atoms with E-state index in [1.165, 1.54) is 19.2 Å². The fourth-order valence-electron chi connectivity index (χ4n) is 3.78. The predicted molar refractivity (Wildman–Crippen MR) is 107 cm³/mol. The van der Waals surface area contributed by atoms with Gasteiger partial charge in [-0.25, -0.2) is 4.39 Å². The summed E-state index contributed by atoms with van der Waals surface area (Å²) in [4.78, 5) is 2.29. The Hall–Kier alpha value is -1.99. The van der Waals surface area contributed by atoms with Crippen LogP contribution in [-0.2, 0) is 0 Å². The summed E-state index contributed by atoms with van der Waals surface area (Å²) in [6, 6.07) is 13.5. The molecule has 2 aromatic rings. The molecule has 0 spiro atoms. The third-order valence-electron chi connectivity index (χ3n) is 5.35. The zero-order valence-electron chi connectivity index (χ0n) is 16.2. The topological polar surface area (TPSA) is 65.0 Å². The Morgan fingerprint density at radius 2 is 1.82 bits per heavy atom. The van der Waals surface area contributed by atoms with E-state index in [4.69, 9.17) is 4.74 Å². The van der Waals surface area contributed by atoms with Crippen molar-refractivity contribution in [2.75, 3.05) is 33.4 Å². The van der Waals surface area contributed by atoms with Crippen molar-refractivity contribution in [3.63, 3.8) is 0 Å². The van der Waals surface area contributed by atoms with Crippen LogP contribution in [0.3, 0.4) is 0 Å². The largest absolute Gasteiger partial charge is 0.494 e. The molecule has 2 aromatic carbocycles. The summed E-state index contributed by atoms with van der Waals surface area (Å²) < 4.78 is 19.1. The molecule has 28 heavy (non-hydrogen) atoms. The number of nitrogens with one attached hydrogen (secondary N) is 1. The molecule has 0 radical (unpaired) electrons. The maximum absolute atomic E-state index is 14.2. The Bertz CT molecular complexity index is 738. The lowest BCUT2D eigenvalue weighted by Crippen LogP contribution is -2.46. The lowest BCUT2D eigenvalue weighted by molar-refractivity contribution is 0.0912. The van der Waals surface area contributed by atoms with E-state index < -0.39 is 11.9 Å². The fraction of sp³-hybridized carbons (Fsp3) is 0.455. The summed E-state index contributed by atoms with van der Waals surface area (Å²) in [5.74, 6) is -0.349. The number of likely N-dealkylation sites (tertiary alicyclic amines) is 1. The first-order chi connectivity index (χ1) is 13.6. The molecule has 0 aromatic heterocycles. The van der Waals surface area contributed by atoms with Crippen LogP contribution in [0.2, 0.25) is 0 Å². The number of benzene rings is 2. The molecule has 1 saturated heterocycles. The van der Waals surface area contributed by atoms with E-state index in [1.807, 2.05) is 30.3 Å². The Labute approximate surface area is 165 Å². The number of methoxy groups -OCH3 is 1. The fourth-order valence-corrected chi connectivity index (χ4v) is 3.78. The molecule has 5 nitrogen and oxygen atoms in total. The van der Waals surface area contributed by atoms with Gasteiger partial charge in [-0.1, -0.05) is 36.4 Å². The standard InChI is InChI=1S/C22H29FN2O3/c1-28-21-10-9-17(13-18(21)23)22(27)19(14-25-11-5-6-12-25)24-20(15-26)16-7-3-2-4-8-16/h2-4,7-10,13,19-20,22,24,26-27H,5-6,11-12,14-15H2,1H3/t19?,20-,22-/m1/s1. The number of aliphatic hydroxyl groups is 2. The van der Waals surface area contributed by atoms with Crippen LogP contribution in [0.5, 0.6) is 5.75 Å². The molecule has 0 aliphatic carbocycles. The van der Waals surface area contributed by atoms with Crippen molar-refractivity contribution in [1.82, 2.24) is 10.2 Å². The number of nitrogens with zero attached hydrogens (tertiary/aromatic N) is 1. The number of hydrogen-bond acceptors (Lipinski definition) is 5. The van der Waals surface area contributed by atoms with E-state index in [0.717, 1.165) is 31.5 Å². The molecule has 152 valence electrons.